The number of rotatable bonds is 8. The molecule has 1 fully saturated rings. The van der Waals surface area contributed by atoms with Crippen molar-refractivity contribution in [2.24, 2.45) is 11.3 Å². The van der Waals surface area contributed by atoms with Crippen LogP contribution in [0.1, 0.15) is 39.5 Å². The molecule has 0 spiro atoms. The van der Waals surface area contributed by atoms with Crippen molar-refractivity contribution < 1.29 is 4.74 Å². The highest BCUT2D eigenvalue weighted by Crippen LogP contribution is 2.38. The van der Waals surface area contributed by atoms with Gasteiger partial charge in [0.25, 0.3) is 0 Å². The molecule has 0 bridgehead atoms. The van der Waals surface area contributed by atoms with Gasteiger partial charge in [0.15, 0.2) is 0 Å². The second-order valence-corrected chi connectivity index (χ2v) is 6.15. The maximum absolute atomic E-state index is 5.45. The van der Waals surface area contributed by atoms with Gasteiger partial charge in [-0.3, -0.25) is 0 Å². The summed E-state index contributed by atoms with van der Waals surface area (Å²) in [7, 11) is 4.31. The van der Waals surface area contributed by atoms with Crippen molar-refractivity contribution in [3.63, 3.8) is 0 Å². The van der Waals surface area contributed by atoms with Crippen molar-refractivity contribution in [3.05, 3.63) is 0 Å². The number of nitrogens with one attached hydrogen (secondary N) is 1. The number of hydrogen-bond acceptors (Lipinski definition) is 3. The summed E-state index contributed by atoms with van der Waals surface area (Å²) in [6.45, 7) is 9.54. The maximum Gasteiger partial charge on any atom is 0.0593 e. The van der Waals surface area contributed by atoms with Crippen LogP contribution in [-0.4, -0.2) is 51.8 Å². The van der Waals surface area contributed by atoms with E-state index in [1.165, 1.54) is 32.2 Å². The van der Waals surface area contributed by atoms with Crippen molar-refractivity contribution in [1.82, 2.24) is 10.2 Å². The van der Waals surface area contributed by atoms with Crippen LogP contribution in [-0.2, 0) is 4.74 Å². The summed E-state index contributed by atoms with van der Waals surface area (Å²) >= 11 is 0. The average molecular weight is 256 g/mol. The van der Waals surface area contributed by atoms with Crippen LogP contribution >= 0.6 is 0 Å². The normalized spacial score (nSPS) is 28.8. The van der Waals surface area contributed by atoms with Crippen molar-refractivity contribution in [2.75, 3.05) is 46.9 Å². The first-order valence-corrected chi connectivity index (χ1v) is 7.53. The van der Waals surface area contributed by atoms with E-state index in [1.807, 2.05) is 0 Å². The fourth-order valence-corrected chi connectivity index (χ4v) is 3.16. The third-order valence-corrected chi connectivity index (χ3v) is 4.31. The van der Waals surface area contributed by atoms with Crippen LogP contribution in [0.2, 0.25) is 0 Å². The highest BCUT2D eigenvalue weighted by atomic mass is 16.5. The molecule has 1 N–H and O–H groups in total. The van der Waals surface area contributed by atoms with Crippen LogP contribution in [0.4, 0.5) is 0 Å². The van der Waals surface area contributed by atoms with Gasteiger partial charge in [0.05, 0.1) is 6.61 Å². The predicted molar refractivity (Wildman–Crippen MR) is 78.0 cm³/mol. The Balaban J connectivity index is 2.41. The molecule has 1 aliphatic carbocycles. The molecule has 0 aliphatic heterocycles. The summed E-state index contributed by atoms with van der Waals surface area (Å²) in [5.41, 5.74) is 0.488. The molecule has 3 nitrogen and oxygen atoms in total. The summed E-state index contributed by atoms with van der Waals surface area (Å²) in [6, 6.07) is 0. The first-order chi connectivity index (χ1) is 8.62. The van der Waals surface area contributed by atoms with E-state index in [4.69, 9.17) is 4.74 Å². The Morgan fingerprint density at radius 3 is 2.56 bits per heavy atom. The summed E-state index contributed by atoms with van der Waals surface area (Å²) in [5, 5.41) is 3.41. The van der Waals surface area contributed by atoms with E-state index in [2.05, 4.69) is 38.2 Å². The van der Waals surface area contributed by atoms with Gasteiger partial charge >= 0.3 is 0 Å². The lowest BCUT2D eigenvalue weighted by Crippen LogP contribution is -2.45. The lowest BCUT2D eigenvalue weighted by Gasteiger charge is -2.42. The first kappa shape index (κ1) is 15.9. The number of nitrogens with zero attached hydrogens (tertiary/aromatic N) is 1. The van der Waals surface area contributed by atoms with Crippen LogP contribution in [0.25, 0.3) is 0 Å². The molecule has 0 amide bonds. The Bertz CT molecular complexity index is 213. The van der Waals surface area contributed by atoms with E-state index in [1.54, 1.807) is 0 Å². The maximum atomic E-state index is 5.45. The second kappa shape index (κ2) is 8.13. The van der Waals surface area contributed by atoms with Gasteiger partial charge in [-0.05, 0) is 45.2 Å². The topological polar surface area (TPSA) is 24.5 Å². The van der Waals surface area contributed by atoms with Crippen LogP contribution in [0, 0.1) is 11.3 Å². The van der Waals surface area contributed by atoms with Crippen LogP contribution < -0.4 is 5.32 Å². The largest absolute Gasteiger partial charge is 0.380 e. The van der Waals surface area contributed by atoms with Gasteiger partial charge in [-0.2, -0.15) is 0 Å². The molecule has 0 aromatic heterocycles. The monoisotopic (exact) mass is 256 g/mol. The number of ether oxygens (including phenoxy) is 1. The van der Waals surface area contributed by atoms with E-state index in [0.717, 1.165) is 32.2 Å². The van der Waals surface area contributed by atoms with Gasteiger partial charge in [-0.1, -0.05) is 19.8 Å². The van der Waals surface area contributed by atoms with E-state index in [0.29, 0.717) is 5.41 Å². The fraction of sp³-hybridized carbons (Fsp3) is 1.00. The molecule has 0 aromatic carbocycles. The molecule has 0 unspecified atom stereocenters. The summed E-state index contributed by atoms with van der Waals surface area (Å²) in [6.07, 6.45) is 5.52. The zero-order valence-electron chi connectivity index (χ0n) is 12.8. The van der Waals surface area contributed by atoms with Gasteiger partial charge in [0.2, 0.25) is 0 Å². The molecule has 0 aromatic rings. The molecular weight excluding hydrogens is 224 g/mol. The minimum Gasteiger partial charge on any atom is -0.380 e. The van der Waals surface area contributed by atoms with Gasteiger partial charge in [-0.25, -0.2) is 0 Å². The molecule has 0 atom stereocenters. The van der Waals surface area contributed by atoms with E-state index in [9.17, 15) is 0 Å². The van der Waals surface area contributed by atoms with Gasteiger partial charge < -0.3 is 15.0 Å². The minimum absolute atomic E-state index is 0.488. The second-order valence-electron chi connectivity index (χ2n) is 6.15. The van der Waals surface area contributed by atoms with E-state index >= 15 is 0 Å². The highest BCUT2D eigenvalue weighted by Gasteiger charge is 2.34. The van der Waals surface area contributed by atoms with Crippen LogP contribution in [0.3, 0.4) is 0 Å². The third kappa shape index (κ3) is 5.25. The molecule has 0 radical (unpaired) electrons. The van der Waals surface area contributed by atoms with Gasteiger partial charge in [0.1, 0.15) is 0 Å². The van der Waals surface area contributed by atoms with Crippen molar-refractivity contribution in [2.45, 2.75) is 39.5 Å². The lowest BCUT2D eigenvalue weighted by molar-refractivity contribution is 0.0734. The zero-order chi connectivity index (χ0) is 13.4. The van der Waals surface area contributed by atoms with Crippen molar-refractivity contribution in [3.8, 4) is 0 Å². The highest BCUT2D eigenvalue weighted by molar-refractivity contribution is 4.88. The fourth-order valence-electron chi connectivity index (χ4n) is 3.16. The Labute approximate surface area is 113 Å². The smallest absolute Gasteiger partial charge is 0.0593 e. The summed E-state index contributed by atoms with van der Waals surface area (Å²) < 4.78 is 5.45. The number of likely N-dealkylation sites (N-methyl/N-ethyl adjacent to an activating group) is 1. The standard InChI is InChI=1S/C15H32N2O/c1-5-18-11-10-17(4)13-15(12-16-3)8-6-14(2)7-9-15/h14,16H,5-13H2,1-4H3. The molecule has 0 heterocycles. The molecule has 1 saturated carbocycles. The third-order valence-electron chi connectivity index (χ3n) is 4.31. The summed E-state index contributed by atoms with van der Waals surface area (Å²) in [4.78, 5) is 2.45. The van der Waals surface area contributed by atoms with Crippen molar-refractivity contribution >= 4 is 0 Å². The molecule has 1 aliphatic rings. The van der Waals surface area contributed by atoms with Gasteiger partial charge in [0, 0.05) is 26.2 Å². The molecular formula is C15H32N2O. The Hall–Kier alpha value is -0.120. The molecule has 108 valence electrons. The zero-order valence-corrected chi connectivity index (χ0v) is 12.8. The van der Waals surface area contributed by atoms with Gasteiger partial charge in [-0.15, -0.1) is 0 Å². The predicted octanol–water partition coefficient (Wildman–Crippen LogP) is 2.37. The quantitative estimate of drug-likeness (QED) is 0.675. The van der Waals surface area contributed by atoms with Crippen molar-refractivity contribution in [1.29, 1.82) is 0 Å². The Kier molecular flexibility index (Phi) is 7.20. The number of hydrogen-bond donors (Lipinski definition) is 1. The van der Waals surface area contributed by atoms with Crippen LogP contribution in [0.5, 0.6) is 0 Å². The average Bonchev–Trinajstić information content (AvgIpc) is 2.34. The SMILES string of the molecule is CCOCCN(C)CC1(CNC)CCC(C)CC1. The van der Waals surface area contributed by atoms with E-state index in [-0.39, 0.29) is 0 Å². The molecule has 0 saturated heterocycles. The Morgan fingerprint density at radius 1 is 1.33 bits per heavy atom. The Morgan fingerprint density at radius 2 is 2.00 bits per heavy atom. The molecule has 18 heavy (non-hydrogen) atoms. The first-order valence-electron chi connectivity index (χ1n) is 7.53. The minimum atomic E-state index is 0.488. The molecule has 3 heteroatoms. The van der Waals surface area contributed by atoms with Crippen LogP contribution in [0.15, 0.2) is 0 Å². The van der Waals surface area contributed by atoms with E-state index < -0.39 is 0 Å². The lowest BCUT2D eigenvalue weighted by atomic mass is 9.70. The molecule has 1 rings (SSSR count). The summed E-state index contributed by atoms with van der Waals surface area (Å²) in [5.74, 6) is 0.920.